The Morgan fingerprint density at radius 2 is 1.59 bits per heavy atom. The van der Waals surface area contributed by atoms with Gasteiger partial charge in [-0.15, -0.1) is 0 Å². The van der Waals surface area contributed by atoms with E-state index in [2.05, 4.69) is 68.7 Å². The first kappa shape index (κ1) is 21.2. The summed E-state index contributed by atoms with van der Waals surface area (Å²) >= 11 is 0. The fraction of sp³-hybridized carbons (Fsp3) is 0.480. The quantitative estimate of drug-likeness (QED) is 0.515. The summed E-state index contributed by atoms with van der Waals surface area (Å²) in [5.74, 6) is 0.690. The van der Waals surface area contributed by atoms with E-state index in [9.17, 15) is 4.79 Å². The van der Waals surface area contributed by atoms with Crippen LogP contribution in [0.3, 0.4) is 0 Å². The van der Waals surface area contributed by atoms with Crippen LogP contribution in [0.25, 0.3) is 0 Å². The average Bonchev–Trinajstić information content (AvgIpc) is 3.16. The van der Waals surface area contributed by atoms with Gasteiger partial charge in [0.25, 0.3) is 0 Å². The predicted octanol–water partition coefficient (Wildman–Crippen LogP) is 6.15. The van der Waals surface area contributed by atoms with Gasteiger partial charge in [-0.3, -0.25) is 0 Å². The molecule has 0 aromatic heterocycles. The van der Waals surface area contributed by atoms with Crippen LogP contribution in [-0.4, -0.2) is 12.6 Å². The van der Waals surface area contributed by atoms with Gasteiger partial charge in [-0.25, -0.2) is 4.79 Å². The van der Waals surface area contributed by atoms with Crippen molar-refractivity contribution in [2.75, 3.05) is 17.6 Å². The number of benzene rings is 2. The molecule has 0 spiro atoms. The maximum atomic E-state index is 12.9. The summed E-state index contributed by atoms with van der Waals surface area (Å²) in [4.78, 5) is 12.9. The third kappa shape index (κ3) is 4.75. The highest BCUT2D eigenvalue weighted by Crippen LogP contribution is 2.41. The molecule has 0 radical (unpaired) electrons. The van der Waals surface area contributed by atoms with E-state index in [0.717, 1.165) is 24.2 Å². The van der Waals surface area contributed by atoms with Gasteiger partial charge in [0, 0.05) is 23.3 Å². The van der Waals surface area contributed by atoms with Gasteiger partial charge in [0.05, 0.1) is 0 Å². The lowest BCUT2D eigenvalue weighted by Crippen LogP contribution is -2.41. The van der Waals surface area contributed by atoms with Gasteiger partial charge in [-0.2, -0.15) is 0 Å². The number of carbonyl (C=O) groups excluding carboxylic acids is 1. The number of hydrogen-bond acceptors (Lipinski definition) is 2. The van der Waals surface area contributed by atoms with Crippen LogP contribution in [0, 0.1) is 0 Å². The molecule has 4 N–H and O–H groups in total. The van der Waals surface area contributed by atoms with Crippen molar-refractivity contribution in [2.24, 2.45) is 0 Å². The van der Waals surface area contributed by atoms with Crippen LogP contribution < -0.4 is 16.4 Å². The van der Waals surface area contributed by atoms with E-state index in [1.807, 2.05) is 12.1 Å². The molecular formula is C25H35N3O. The van der Waals surface area contributed by atoms with Gasteiger partial charge >= 0.3 is 6.03 Å². The standard InChI is InChI=1S/C25H35N3O/c1-17(2)21-11-8-12-22(18(3)4)23(21)28-24(29)27-16-25(13-5-6-14-25)19-9-7-10-20(26)15-19/h7-12,15,17-18H,5-6,13-14,16,26H2,1-4H3,(H2,27,28,29). The van der Waals surface area contributed by atoms with E-state index in [0.29, 0.717) is 18.4 Å². The van der Waals surface area contributed by atoms with Gasteiger partial charge in [-0.05, 0) is 53.5 Å². The Labute approximate surface area is 175 Å². The van der Waals surface area contributed by atoms with Gasteiger partial charge in [0.1, 0.15) is 0 Å². The summed E-state index contributed by atoms with van der Waals surface area (Å²) in [5.41, 5.74) is 11.3. The third-order valence-corrected chi connectivity index (χ3v) is 6.26. The highest BCUT2D eigenvalue weighted by molar-refractivity contribution is 5.91. The number of urea groups is 1. The van der Waals surface area contributed by atoms with E-state index >= 15 is 0 Å². The summed E-state index contributed by atoms with van der Waals surface area (Å²) in [6.45, 7) is 9.28. The van der Waals surface area contributed by atoms with Crippen LogP contribution in [0.2, 0.25) is 0 Å². The van der Waals surface area contributed by atoms with Crippen molar-refractivity contribution < 1.29 is 4.79 Å². The largest absolute Gasteiger partial charge is 0.399 e. The minimum Gasteiger partial charge on any atom is -0.399 e. The Bertz CT molecular complexity index is 825. The molecule has 1 aliphatic rings. The molecule has 0 bridgehead atoms. The number of anilines is 2. The maximum Gasteiger partial charge on any atom is 0.319 e. The number of rotatable bonds is 6. The van der Waals surface area contributed by atoms with Gasteiger partial charge < -0.3 is 16.4 Å². The van der Waals surface area contributed by atoms with Crippen molar-refractivity contribution in [1.29, 1.82) is 0 Å². The zero-order valence-corrected chi connectivity index (χ0v) is 18.2. The second-order valence-electron chi connectivity index (χ2n) is 9.04. The number of hydrogen-bond donors (Lipinski definition) is 3. The number of para-hydroxylation sites is 1. The second kappa shape index (κ2) is 8.89. The lowest BCUT2D eigenvalue weighted by molar-refractivity contribution is 0.248. The van der Waals surface area contributed by atoms with Crippen LogP contribution in [0.1, 0.15) is 81.9 Å². The normalized spacial score (nSPS) is 15.7. The molecule has 4 nitrogen and oxygen atoms in total. The molecule has 1 aliphatic carbocycles. The molecule has 0 saturated heterocycles. The van der Waals surface area contributed by atoms with Crippen LogP contribution in [0.4, 0.5) is 16.2 Å². The summed E-state index contributed by atoms with van der Waals surface area (Å²) in [7, 11) is 0. The minimum atomic E-state index is -0.129. The van der Waals surface area contributed by atoms with E-state index < -0.39 is 0 Å². The molecule has 2 aromatic carbocycles. The number of nitrogen functional groups attached to an aromatic ring is 1. The Morgan fingerprint density at radius 1 is 1.00 bits per heavy atom. The van der Waals surface area contributed by atoms with Crippen molar-refractivity contribution in [1.82, 2.24) is 5.32 Å². The molecule has 2 amide bonds. The van der Waals surface area contributed by atoms with Crippen molar-refractivity contribution in [3.8, 4) is 0 Å². The van der Waals surface area contributed by atoms with Crippen molar-refractivity contribution in [3.05, 3.63) is 59.2 Å². The molecule has 3 rings (SSSR count). The third-order valence-electron chi connectivity index (χ3n) is 6.26. The predicted molar refractivity (Wildman–Crippen MR) is 123 cm³/mol. The topological polar surface area (TPSA) is 67.2 Å². The zero-order chi connectivity index (χ0) is 21.0. The fourth-order valence-corrected chi connectivity index (χ4v) is 4.59. The van der Waals surface area contributed by atoms with Gasteiger partial charge in [0.2, 0.25) is 0 Å². The molecule has 1 saturated carbocycles. The SMILES string of the molecule is CC(C)c1cccc(C(C)C)c1NC(=O)NCC1(c2cccc(N)c2)CCCC1. The summed E-state index contributed by atoms with van der Waals surface area (Å²) in [6.07, 6.45) is 4.53. The maximum absolute atomic E-state index is 12.9. The molecular weight excluding hydrogens is 358 g/mol. The highest BCUT2D eigenvalue weighted by atomic mass is 16.2. The van der Waals surface area contributed by atoms with E-state index in [-0.39, 0.29) is 11.4 Å². The molecule has 156 valence electrons. The van der Waals surface area contributed by atoms with Crippen molar-refractivity contribution in [3.63, 3.8) is 0 Å². The Hall–Kier alpha value is -2.49. The highest BCUT2D eigenvalue weighted by Gasteiger charge is 2.36. The Morgan fingerprint density at radius 3 is 2.14 bits per heavy atom. The minimum absolute atomic E-state index is 0.0227. The van der Waals surface area contributed by atoms with E-state index in [1.165, 1.54) is 29.5 Å². The lowest BCUT2D eigenvalue weighted by Gasteiger charge is -2.30. The molecule has 1 fully saturated rings. The monoisotopic (exact) mass is 393 g/mol. The summed E-state index contributed by atoms with van der Waals surface area (Å²) in [5, 5.41) is 6.34. The molecule has 4 heteroatoms. The molecule has 0 atom stereocenters. The molecule has 29 heavy (non-hydrogen) atoms. The number of carbonyl (C=O) groups is 1. The average molecular weight is 394 g/mol. The summed E-state index contributed by atoms with van der Waals surface area (Å²) in [6, 6.07) is 14.3. The molecule has 0 aliphatic heterocycles. The van der Waals surface area contributed by atoms with Crippen molar-refractivity contribution in [2.45, 2.75) is 70.6 Å². The fourth-order valence-electron chi connectivity index (χ4n) is 4.59. The molecule has 0 heterocycles. The zero-order valence-electron chi connectivity index (χ0n) is 18.2. The number of amides is 2. The Kier molecular flexibility index (Phi) is 6.51. The van der Waals surface area contributed by atoms with E-state index in [1.54, 1.807) is 0 Å². The lowest BCUT2D eigenvalue weighted by atomic mass is 9.78. The second-order valence-corrected chi connectivity index (χ2v) is 9.04. The van der Waals surface area contributed by atoms with E-state index in [4.69, 9.17) is 5.73 Å². The summed E-state index contributed by atoms with van der Waals surface area (Å²) < 4.78 is 0. The van der Waals surface area contributed by atoms with Crippen LogP contribution >= 0.6 is 0 Å². The van der Waals surface area contributed by atoms with Gasteiger partial charge in [0.15, 0.2) is 0 Å². The van der Waals surface area contributed by atoms with Crippen LogP contribution in [0.15, 0.2) is 42.5 Å². The number of nitrogens with one attached hydrogen (secondary N) is 2. The molecule has 2 aromatic rings. The van der Waals surface area contributed by atoms with Crippen molar-refractivity contribution >= 4 is 17.4 Å². The Balaban J connectivity index is 1.77. The number of nitrogens with two attached hydrogens (primary N) is 1. The molecule has 0 unspecified atom stereocenters. The first-order valence-corrected chi connectivity index (χ1v) is 10.9. The smallest absolute Gasteiger partial charge is 0.319 e. The van der Waals surface area contributed by atoms with Crippen LogP contribution in [-0.2, 0) is 5.41 Å². The first-order chi connectivity index (χ1) is 13.8. The van der Waals surface area contributed by atoms with Crippen LogP contribution in [0.5, 0.6) is 0 Å². The first-order valence-electron chi connectivity index (χ1n) is 10.9. The van der Waals surface area contributed by atoms with Gasteiger partial charge in [-0.1, -0.05) is 70.9 Å².